The Labute approximate surface area is 195 Å². The zero-order chi connectivity index (χ0) is 20.6. The Balaban J connectivity index is 0.00000320. The normalized spacial score (nSPS) is 14.5. The van der Waals surface area contributed by atoms with E-state index in [1.807, 2.05) is 50.2 Å². The molecule has 0 bridgehead atoms. The third-order valence-corrected chi connectivity index (χ3v) is 4.77. The lowest BCUT2D eigenvalue weighted by Crippen LogP contribution is -2.55. The van der Waals surface area contributed by atoms with Gasteiger partial charge in [0, 0.05) is 39.4 Å². The topological polar surface area (TPSA) is 75.0 Å². The number of hydrogen-bond acceptors (Lipinski definition) is 4. The van der Waals surface area contributed by atoms with Crippen LogP contribution < -0.4 is 15.0 Å². The molecule has 0 atom stereocenters. The number of nitrogens with one attached hydrogen (secondary N) is 1. The second-order valence-electron chi connectivity index (χ2n) is 6.87. The Kier molecular flexibility index (Phi) is 9.41. The number of aromatic nitrogens is 2. The number of rotatable bonds is 7. The van der Waals surface area contributed by atoms with Crippen molar-refractivity contribution >= 4 is 41.5 Å². The summed E-state index contributed by atoms with van der Waals surface area (Å²) < 4.78 is 7.41. The van der Waals surface area contributed by atoms with Crippen molar-refractivity contribution in [2.45, 2.75) is 20.3 Å². The first kappa shape index (κ1) is 24.0. The lowest BCUT2D eigenvalue weighted by atomic mass is 10.1. The number of benzene rings is 1. The summed E-state index contributed by atoms with van der Waals surface area (Å²) in [4.78, 5) is 21.2. The average molecular weight is 526 g/mol. The Bertz CT molecular complexity index is 854. The van der Waals surface area contributed by atoms with Crippen molar-refractivity contribution in [3.8, 4) is 5.75 Å². The van der Waals surface area contributed by atoms with Gasteiger partial charge in [-0.2, -0.15) is 5.10 Å². The van der Waals surface area contributed by atoms with E-state index >= 15 is 0 Å². The van der Waals surface area contributed by atoms with Gasteiger partial charge in [-0.1, -0.05) is 18.2 Å². The molecule has 0 unspecified atom stereocenters. The van der Waals surface area contributed by atoms with Gasteiger partial charge in [-0.3, -0.25) is 14.5 Å². The molecule has 0 aliphatic carbocycles. The number of para-hydroxylation sites is 1. The molecule has 1 amide bonds. The lowest BCUT2D eigenvalue weighted by molar-refractivity contribution is -0.120. The first-order chi connectivity index (χ1) is 14.1. The minimum atomic E-state index is 0. The molecule has 1 fully saturated rings. The van der Waals surface area contributed by atoms with Crippen molar-refractivity contribution < 1.29 is 9.53 Å². The number of guanidine groups is 1. The smallest absolute Gasteiger partial charge is 0.246 e. The quantitative estimate of drug-likeness (QED) is 0.341. The molecule has 1 saturated heterocycles. The van der Waals surface area contributed by atoms with Crippen molar-refractivity contribution in [1.82, 2.24) is 20.0 Å². The number of aliphatic imine (C=N–C) groups is 1. The molecule has 1 N–H and O–H groups in total. The number of ether oxygens (including phenoxy) is 1. The van der Waals surface area contributed by atoms with Crippen LogP contribution >= 0.6 is 24.0 Å². The number of hydrogen-bond donors (Lipinski definition) is 1. The minimum absolute atomic E-state index is 0. The summed E-state index contributed by atoms with van der Waals surface area (Å²) in [6.45, 7) is 7.69. The van der Waals surface area contributed by atoms with Crippen molar-refractivity contribution in [2.24, 2.45) is 12.0 Å². The second kappa shape index (κ2) is 11.8. The number of aryl methyl sites for hydroxylation is 1. The third-order valence-electron chi connectivity index (χ3n) is 4.77. The number of nitrogens with zero attached hydrogens (tertiary/aromatic N) is 5. The van der Waals surface area contributed by atoms with Gasteiger partial charge in [0.05, 0.1) is 18.5 Å². The van der Waals surface area contributed by atoms with E-state index in [0.717, 1.165) is 42.5 Å². The van der Waals surface area contributed by atoms with Crippen LogP contribution in [0.2, 0.25) is 0 Å². The molecule has 1 aromatic carbocycles. The van der Waals surface area contributed by atoms with Crippen LogP contribution in [0, 0.1) is 0 Å². The molecule has 30 heavy (non-hydrogen) atoms. The highest BCUT2D eigenvalue weighted by Crippen LogP contribution is 2.19. The maximum absolute atomic E-state index is 12.7. The van der Waals surface area contributed by atoms with Crippen LogP contribution in [-0.2, 0) is 18.3 Å². The summed E-state index contributed by atoms with van der Waals surface area (Å²) in [6, 6.07) is 8.06. The van der Waals surface area contributed by atoms with E-state index in [1.54, 1.807) is 15.8 Å². The zero-order valence-corrected chi connectivity index (χ0v) is 20.2. The summed E-state index contributed by atoms with van der Waals surface area (Å²) in [5.41, 5.74) is 1.98. The van der Waals surface area contributed by atoms with Gasteiger partial charge in [0.1, 0.15) is 12.3 Å². The number of carbonyl (C=O) groups excluding carboxylic acids is 1. The SMILES string of the molecule is CCNC(=NCCc1ccccc1OCC)N1CCN(c2cnn(C)c2)C(=O)C1.I. The lowest BCUT2D eigenvalue weighted by Gasteiger charge is -2.35. The average Bonchev–Trinajstić information content (AvgIpc) is 3.14. The van der Waals surface area contributed by atoms with E-state index in [4.69, 9.17) is 9.73 Å². The molecule has 1 aliphatic heterocycles. The minimum Gasteiger partial charge on any atom is -0.494 e. The number of amides is 1. The molecular formula is C21H31IN6O2. The molecule has 0 radical (unpaired) electrons. The number of carbonyl (C=O) groups is 1. The molecular weight excluding hydrogens is 495 g/mol. The standard InChI is InChI=1S/C21H30N6O2.HI/c1-4-22-21(23-11-10-17-8-6-7-9-19(17)29-5-2)26-12-13-27(20(28)16-26)18-14-24-25(3)15-18;/h6-9,14-15H,4-5,10-13,16H2,1-3H3,(H,22,23);1H. The highest BCUT2D eigenvalue weighted by atomic mass is 127. The van der Waals surface area contributed by atoms with Crippen molar-refractivity contribution in [3.05, 3.63) is 42.2 Å². The number of halogens is 1. The van der Waals surface area contributed by atoms with E-state index in [1.165, 1.54) is 0 Å². The molecule has 2 heterocycles. The maximum Gasteiger partial charge on any atom is 0.246 e. The summed E-state index contributed by atoms with van der Waals surface area (Å²) in [7, 11) is 1.85. The van der Waals surface area contributed by atoms with Gasteiger partial charge in [-0.25, -0.2) is 0 Å². The van der Waals surface area contributed by atoms with Gasteiger partial charge in [-0.15, -0.1) is 24.0 Å². The van der Waals surface area contributed by atoms with Gasteiger partial charge in [0.2, 0.25) is 5.91 Å². The first-order valence-electron chi connectivity index (χ1n) is 10.1. The van der Waals surface area contributed by atoms with E-state index in [9.17, 15) is 4.79 Å². The zero-order valence-electron chi connectivity index (χ0n) is 17.9. The maximum atomic E-state index is 12.7. The highest BCUT2D eigenvalue weighted by Gasteiger charge is 2.27. The van der Waals surface area contributed by atoms with Crippen LogP contribution in [0.3, 0.4) is 0 Å². The Morgan fingerprint density at radius 3 is 2.73 bits per heavy atom. The fourth-order valence-electron chi connectivity index (χ4n) is 3.39. The largest absolute Gasteiger partial charge is 0.494 e. The van der Waals surface area contributed by atoms with Gasteiger partial charge in [0.25, 0.3) is 0 Å². The Morgan fingerprint density at radius 1 is 1.27 bits per heavy atom. The van der Waals surface area contributed by atoms with Crippen LogP contribution in [0.25, 0.3) is 0 Å². The van der Waals surface area contributed by atoms with Gasteiger partial charge < -0.3 is 19.9 Å². The monoisotopic (exact) mass is 526 g/mol. The second-order valence-corrected chi connectivity index (χ2v) is 6.87. The van der Waals surface area contributed by atoms with E-state index in [2.05, 4.69) is 16.5 Å². The van der Waals surface area contributed by atoms with Crippen LogP contribution in [-0.4, -0.2) is 65.9 Å². The van der Waals surface area contributed by atoms with Crippen LogP contribution in [0.4, 0.5) is 5.69 Å². The van der Waals surface area contributed by atoms with Gasteiger partial charge in [0.15, 0.2) is 5.96 Å². The van der Waals surface area contributed by atoms with Gasteiger partial charge in [-0.05, 0) is 31.9 Å². The molecule has 0 spiro atoms. The summed E-state index contributed by atoms with van der Waals surface area (Å²) >= 11 is 0. The molecule has 1 aromatic heterocycles. The Hall–Kier alpha value is -2.30. The van der Waals surface area contributed by atoms with Crippen molar-refractivity contribution in [2.75, 3.05) is 44.2 Å². The molecule has 1 aliphatic rings. The predicted molar refractivity (Wildman–Crippen MR) is 130 cm³/mol. The first-order valence-corrected chi connectivity index (χ1v) is 10.1. The summed E-state index contributed by atoms with van der Waals surface area (Å²) in [6.07, 6.45) is 4.38. The fraction of sp³-hybridized carbons (Fsp3) is 0.476. The van der Waals surface area contributed by atoms with Gasteiger partial charge >= 0.3 is 0 Å². The molecule has 0 saturated carbocycles. The van der Waals surface area contributed by atoms with Crippen molar-refractivity contribution in [3.63, 3.8) is 0 Å². The fourth-order valence-corrected chi connectivity index (χ4v) is 3.39. The van der Waals surface area contributed by atoms with E-state index in [-0.39, 0.29) is 29.9 Å². The van der Waals surface area contributed by atoms with Crippen LogP contribution in [0.5, 0.6) is 5.75 Å². The molecule has 164 valence electrons. The number of anilines is 1. The molecule has 8 nitrogen and oxygen atoms in total. The molecule has 3 rings (SSSR count). The van der Waals surface area contributed by atoms with Crippen LogP contribution in [0.1, 0.15) is 19.4 Å². The van der Waals surface area contributed by atoms with Crippen molar-refractivity contribution in [1.29, 1.82) is 0 Å². The Morgan fingerprint density at radius 2 is 2.07 bits per heavy atom. The highest BCUT2D eigenvalue weighted by molar-refractivity contribution is 14.0. The summed E-state index contributed by atoms with van der Waals surface area (Å²) in [5.74, 6) is 1.74. The molecule has 2 aromatic rings. The van der Waals surface area contributed by atoms with E-state index in [0.29, 0.717) is 26.2 Å². The van der Waals surface area contributed by atoms with E-state index < -0.39 is 0 Å². The third kappa shape index (κ3) is 6.10. The number of piperazine rings is 1. The van der Waals surface area contributed by atoms with Crippen LogP contribution in [0.15, 0.2) is 41.7 Å². The summed E-state index contributed by atoms with van der Waals surface area (Å²) in [5, 5.41) is 7.48. The molecule has 9 heteroatoms. The predicted octanol–water partition coefficient (Wildman–Crippen LogP) is 2.29.